The van der Waals surface area contributed by atoms with E-state index in [2.05, 4.69) is 48.1 Å². The number of aromatic nitrogens is 2. The number of hydrogen-bond acceptors (Lipinski definition) is 4. The Balaban J connectivity index is 2.14. The predicted molar refractivity (Wildman–Crippen MR) is 86.4 cm³/mol. The molecule has 1 unspecified atom stereocenters. The molecule has 0 aliphatic carbocycles. The fourth-order valence-corrected chi connectivity index (χ4v) is 2.35. The van der Waals surface area contributed by atoms with Gasteiger partial charge < -0.3 is 15.2 Å². The molecule has 5 heteroatoms. The van der Waals surface area contributed by atoms with Crippen molar-refractivity contribution in [3.05, 3.63) is 40.4 Å². The second-order valence-corrected chi connectivity index (χ2v) is 6.02. The molecule has 21 heavy (non-hydrogen) atoms. The van der Waals surface area contributed by atoms with Crippen LogP contribution in [0.1, 0.15) is 19.7 Å². The topological polar surface area (TPSA) is 61.0 Å². The molecule has 1 atom stereocenters. The van der Waals surface area contributed by atoms with E-state index in [1.165, 1.54) is 0 Å². The first kappa shape index (κ1) is 15.7. The SMILES string of the molecule is CC(C)C(CN(C)C)NCc1nc2ccccc2c(=O)[nH]1. The molecule has 5 nitrogen and oxygen atoms in total. The Morgan fingerprint density at radius 1 is 1.29 bits per heavy atom. The molecule has 0 saturated carbocycles. The Morgan fingerprint density at radius 2 is 2.00 bits per heavy atom. The third kappa shape index (κ3) is 4.12. The van der Waals surface area contributed by atoms with Crippen LogP contribution >= 0.6 is 0 Å². The number of fused-ring (bicyclic) bond motifs is 1. The zero-order valence-electron chi connectivity index (χ0n) is 13.2. The summed E-state index contributed by atoms with van der Waals surface area (Å²) in [5.74, 6) is 1.20. The van der Waals surface area contributed by atoms with Crippen LogP contribution < -0.4 is 10.9 Å². The zero-order valence-corrected chi connectivity index (χ0v) is 13.2. The van der Waals surface area contributed by atoms with E-state index in [-0.39, 0.29) is 5.56 Å². The summed E-state index contributed by atoms with van der Waals surface area (Å²) in [6.45, 7) is 5.90. The van der Waals surface area contributed by atoms with Gasteiger partial charge in [-0.05, 0) is 32.1 Å². The van der Waals surface area contributed by atoms with E-state index in [9.17, 15) is 4.79 Å². The predicted octanol–water partition coefficient (Wildman–Crippen LogP) is 1.60. The van der Waals surface area contributed by atoms with E-state index in [1.54, 1.807) is 6.07 Å². The standard InChI is InChI=1S/C16H24N4O/c1-11(2)14(10-20(3)4)17-9-15-18-13-8-6-5-7-12(13)16(21)19-15/h5-8,11,14,17H,9-10H2,1-4H3,(H,18,19,21). The highest BCUT2D eigenvalue weighted by molar-refractivity contribution is 5.77. The molecule has 0 aliphatic rings. The Labute approximate surface area is 125 Å². The molecular formula is C16H24N4O. The first-order chi connectivity index (χ1) is 9.97. The Bertz CT molecular complexity index is 648. The van der Waals surface area contributed by atoms with Gasteiger partial charge in [-0.2, -0.15) is 0 Å². The summed E-state index contributed by atoms with van der Waals surface area (Å²) in [4.78, 5) is 21.6. The fourth-order valence-electron chi connectivity index (χ4n) is 2.35. The molecule has 0 radical (unpaired) electrons. The maximum absolute atomic E-state index is 12.0. The largest absolute Gasteiger partial charge is 0.309 e. The monoisotopic (exact) mass is 288 g/mol. The van der Waals surface area contributed by atoms with E-state index in [4.69, 9.17) is 0 Å². The van der Waals surface area contributed by atoms with Gasteiger partial charge in [0, 0.05) is 12.6 Å². The van der Waals surface area contributed by atoms with Gasteiger partial charge in [0.15, 0.2) is 0 Å². The number of nitrogens with one attached hydrogen (secondary N) is 2. The van der Waals surface area contributed by atoms with Crippen molar-refractivity contribution >= 4 is 10.9 Å². The van der Waals surface area contributed by atoms with Gasteiger partial charge in [0.1, 0.15) is 5.82 Å². The van der Waals surface area contributed by atoms with Crippen LogP contribution in [0.4, 0.5) is 0 Å². The lowest BCUT2D eigenvalue weighted by Gasteiger charge is -2.25. The van der Waals surface area contributed by atoms with Crippen LogP contribution in [0.2, 0.25) is 0 Å². The molecule has 0 spiro atoms. The first-order valence-electron chi connectivity index (χ1n) is 7.33. The number of rotatable bonds is 6. The summed E-state index contributed by atoms with van der Waals surface area (Å²) in [6, 6.07) is 7.77. The van der Waals surface area contributed by atoms with E-state index in [0.717, 1.165) is 12.1 Å². The van der Waals surface area contributed by atoms with Crippen LogP contribution in [0.25, 0.3) is 10.9 Å². The highest BCUT2D eigenvalue weighted by Crippen LogP contribution is 2.07. The number of likely N-dealkylation sites (N-methyl/N-ethyl adjacent to an activating group) is 1. The van der Waals surface area contributed by atoms with Crippen molar-refractivity contribution in [1.82, 2.24) is 20.2 Å². The van der Waals surface area contributed by atoms with Crippen LogP contribution in [-0.2, 0) is 6.54 Å². The molecule has 114 valence electrons. The lowest BCUT2D eigenvalue weighted by Crippen LogP contribution is -2.42. The van der Waals surface area contributed by atoms with Crippen molar-refractivity contribution < 1.29 is 0 Å². The molecule has 2 N–H and O–H groups in total. The smallest absolute Gasteiger partial charge is 0.258 e. The van der Waals surface area contributed by atoms with Crippen LogP contribution in [0.3, 0.4) is 0 Å². The molecule has 0 fully saturated rings. The third-order valence-electron chi connectivity index (χ3n) is 3.56. The minimum atomic E-state index is -0.0777. The zero-order chi connectivity index (χ0) is 15.4. The van der Waals surface area contributed by atoms with E-state index >= 15 is 0 Å². The second-order valence-electron chi connectivity index (χ2n) is 6.02. The summed E-state index contributed by atoms with van der Waals surface area (Å²) in [6.07, 6.45) is 0. The quantitative estimate of drug-likeness (QED) is 0.847. The molecule has 2 aromatic rings. The van der Waals surface area contributed by atoms with Gasteiger partial charge in [-0.25, -0.2) is 4.98 Å². The van der Waals surface area contributed by atoms with Gasteiger partial charge in [0.05, 0.1) is 17.4 Å². The molecular weight excluding hydrogens is 264 g/mol. The second kappa shape index (κ2) is 6.83. The summed E-state index contributed by atoms with van der Waals surface area (Å²) >= 11 is 0. The minimum Gasteiger partial charge on any atom is -0.309 e. The average Bonchev–Trinajstić information content (AvgIpc) is 2.43. The molecule has 1 heterocycles. The van der Waals surface area contributed by atoms with Crippen molar-refractivity contribution in [1.29, 1.82) is 0 Å². The number of H-pyrrole nitrogens is 1. The van der Waals surface area contributed by atoms with Gasteiger partial charge in [-0.1, -0.05) is 26.0 Å². The number of benzene rings is 1. The van der Waals surface area contributed by atoms with Crippen molar-refractivity contribution in [2.24, 2.45) is 5.92 Å². The number of para-hydroxylation sites is 1. The Hall–Kier alpha value is -1.72. The van der Waals surface area contributed by atoms with Gasteiger partial charge in [0.2, 0.25) is 0 Å². The normalized spacial score (nSPS) is 13.2. The molecule has 0 saturated heterocycles. The van der Waals surface area contributed by atoms with Crippen molar-refractivity contribution in [2.75, 3.05) is 20.6 Å². The maximum atomic E-state index is 12.0. The molecule has 0 amide bonds. The molecule has 0 bridgehead atoms. The maximum Gasteiger partial charge on any atom is 0.258 e. The summed E-state index contributed by atoms with van der Waals surface area (Å²) in [7, 11) is 4.13. The average molecular weight is 288 g/mol. The lowest BCUT2D eigenvalue weighted by atomic mass is 10.0. The molecule has 1 aromatic heterocycles. The van der Waals surface area contributed by atoms with E-state index in [1.807, 2.05) is 18.2 Å². The van der Waals surface area contributed by atoms with Gasteiger partial charge in [-0.15, -0.1) is 0 Å². The summed E-state index contributed by atoms with van der Waals surface area (Å²) in [5, 5.41) is 4.12. The Kier molecular flexibility index (Phi) is 5.09. The Morgan fingerprint density at radius 3 is 2.67 bits per heavy atom. The van der Waals surface area contributed by atoms with Crippen molar-refractivity contribution in [3.8, 4) is 0 Å². The third-order valence-corrected chi connectivity index (χ3v) is 3.56. The highest BCUT2D eigenvalue weighted by Gasteiger charge is 2.14. The van der Waals surface area contributed by atoms with Crippen LogP contribution in [0.15, 0.2) is 29.1 Å². The number of nitrogens with zero attached hydrogens (tertiary/aromatic N) is 2. The van der Waals surface area contributed by atoms with E-state index in [0.29, 0.717) is 29.7 Å². The van der Waals surface area contributed by atoms with Gasteiger partial charge >= 0.3 is 0 Å². The van der Waals surface area contributed by atoms with Gasteiger partial charge in [-0.3, -0.25) is 4.79 Å². The first-order valence-corrected chi connectivity index (χ1v) is 7.33. The van der Waals surface area contributed by atoms with Gasteiger partial charge in [0.25, 0.3) is 5.56 Å². The van der Waals surface area contributed by atoms with E-state index < -0.39 is 0 Å². The number of hydrogen-bond donors (Lipinski definition) is 2. The van der Waals surface area contributed by atoms with Crippen LogP contribution in [-0.4, -0.2) is 41.5 Å². The van der Waals surface area contributed by atoms with Crippen LogP contribution in [0, 0.1) is 5.92 Å². The number of aromatic amines is 1. The van der Waals surface area contributed by atoms with Crippen LogP contribution in [0.5, 0.6) is 0 Å². The fraction of sp³-hybridized carbons (Fsp3) is 0.500. The molecule has 1 aromatic carbocycles. The molecule has 2 rings (SSSR count). The highest BCUT2D eigenvalue weighted by atomic mass is 16.1. The van der Waals surface area contributed by atoms with Crippen molar-refractivity contribution in [2.45, 2.75) is 26.4 Å². The minimum absolute atomic E-state index is 0.0777. The molecule has 0 aliphatic heterocycles. The summed E-state index contributed by atoms with van der Waals surface area (Å²) in [5.41, 5.74) is 0.665. The van der Waals surface area contributed by atoms with Crippen molar-refractivity contribution in [3.63, 3.8) is 0 Å². The lowest BCUT2D eigenvalue weighted by molar-refractivity contribution is 0.286. The summed E-state index contributed by atoms with van der Waals surface area (Å²) < 4.78 is 0.